The maximum atomic E-state index is 12.0. The van der Waals surface area contributed by atoms with Crippen LogP contribution in [-0.2, 0) is 14.8 Å². The molecule has 1 unspecified atom stereocenters. The molecule has 18 heavy (non-hydrogen) atoms. The summed E-state index contributed by atoms with van der Waals surface area (Å²) < 4.78 is 31.7. The fourth-order valence-electron chi connectivity index (χ4n) is 1.19. The molecule has 3 N–H and O–H groups in total. The largest absolute Gasteiger partial charge is 0.380 e. The van der Waals surface area contributed by atoms with E-state index in [1.807, 2.05) is 20.8 Å². The third-order valence-electron chi connectivity index (χ3n) is 2.26. The highest BCUT2D eigenvalue weighted by molar-refractivity contribution is 7.91. The fourth-order valence-corrected chi connectivity index (χ4v) is 3.36. The lowest BCUT2D eigenvalue weighted by atomic mass is 10.1. The van der Waals surface area contributed by atoms with Crippen LogP contribution < -0.4 is 10.5 Å². The van der Waals surface area contributed by atoms with Crippen molar-refractivity contribution >= 4 is 26.5 Å². The zero-order valence-corrected chi connectivity index (χ0v) is 12.2. The van der Waals surface area contributed by atoms with Crippen molar-refractivity contribution in [3.63, 3.8) is 0 Å². The first-order chi connectivity index (χ1) is 8.36. The lowest BCUT2D eigenvalue weighted by molar-refractivity contribution is 0.116. The van der Waals surface area contributed by atoms with Crippen LogP contribution in [0.15, 0.2) is 4.34 Å². The van der Waals surface area contributed by atoms with Gasteiger partial charge in [0.2, 0.25) is 9.47 Å². The number of hydrogen-bond donors (Lipinski definition) is 2. The van der Waals surface area contributed by atoms with Gasteiger partial charge >= 0.3 is 0 Å². The van der Waals surface area contributed by atoms with E-state index in [0.29, 0.717) is 13.2 Å². The second kappa shape index (κ2) is 6.41. The smallest absolute Gasteiger partial charge is 0.270 e. The van der Waals surface area contributed by atoms with Crippen LogP contribution in [0.2, 0.25) is 0 Å². The number of rotatable bonds is 7. The summed E-state index contributed by atoms with van der Waals surface area (Å²) in [6.45, 7) is 6.55. The molecule has 0 amide bonds. The molecule has 1 heterocycles. The van der Waals surface area contributed by atoms with Gasteiger partial charge in [-0.2, -0.15) is 0 Å². The van der Waals surface area contributed by atoms with Crippen LogP contribution in [0.5, 0.6) is 0 Å². The molecule has 9 heteroatoms. The number of anilines is 1. The third kappa shape index (κ3) is 4.16. The summed E-state index contributed by atoms with van der Waals surface area (Å²) >= 11 is 0.837. The summed E-state index contributed by atoms with van der Waals surface area (Å²) in [5.41, 5.74) is 5.37. The topological polar surface area (TPSA) is 107 Å². The summed E-state index contributed by atoms with van der Waals surface area (Å²) in [5.74, 6) is 0.108. The Morgan fingerprint density at radius 1 is 1.44 bits per heavy atom. The predicted molar refractivity (Wildman–Crippen MR) is 69.8 cm³/mol. The van der Waals surface area contributed by atoms with Crippen LogP contribution in [-0.4, -0.2) is 37.9 Å². The summed E-state index contributed by atoms with van der Waals surface area (Å²) in [6, 6.07) is -0.305. The molecule has 0 spiro atoms. The quantitative estimate of drug-likeness (QED) is 0.756. The monoisotopic (exact) mass is 294 g/mol. The van der Waals surface area contributed by atoms with Gasteiger partial charge in [0.15, 0.2) is 0 Å². The molecule has 0 aliphatic carbocycles. The normalized spacial score (nSPS) is 14.0. The number of ether oxygens (including phenoxy) is 1. The van der Waals surface area contributed by atoms with Gasteiger partial charge in [0.1, 0.15) is 0 Å². The number of aromatic nitrogens is 2. The van der Waals surface area contributed by atoms with Crippen LogP contribution in [0.3, 0.4) is 0 Å². The van der Waals surface area contributed by atoms with Crippen molar-refractivity contribution in [2.75, 3.05) is 18.9 Å². The molecule has 1 atom stereocenters. The van der Waals surface area contributed by atoms with Gasteiger partial charge in [-0.1, -0.05) is 25.2 Å². The van der Waals surface area contributed by atoms with Crippen LogP contribution in [0.4, 0.5) is 5.13 Å². The minimum Gasteiger partial charge on any atom is -0.380 e. The Kier molecular flexibility index (Phi) is 5.45. The summed E-state index contributed by atoms with van der Waals surface area (Å²) in [4.78, 5) is 0. The minimum atomic E-state index is -3.68. The van der Waals surface area contributed by atoms with Gasteiger partial charge in [-0.05, 0) is 12.8 Å². The van der Waals surface area contributed by atoms with E-state index in [1.54, 1.807) is 0 Å². The van der Waals surface area contributed by atoms with Crippen molar-refractivity contribution in [1.29, 1.82) is 0 Å². The molecule has 1 rings (SSSR count). The van der Waals surface area contributed by atoms with E-state index in [0.717, 1.165) is 11.3 Å². The molecule has 0 aliphatic rings. The lowest BCUT2D eigenvalue weighted by Crippen LogP contribution is -2.41. The molecule has 0 bridgehead atoms. The highest BCUT2D eigenvalue weighted by Gasteiger charge is 2.25. The van der Waals surface area contributed by atoms with E-state index < -0.39 is 10.0 Å². The van der Waals surface area contributed by atoms with Crippen LogP contribution in [0, 0.1) is 5.92 Å². The first-order valence-corrected chi connectivity index (χ1v) is 7.85. The Bertz CT molecular complexity index is 472. The number of nitrogens with one attached hydrogen (secondary N) is 1. The van der Waals surface area contributed by atoms with Gasteiger partial charge in [-0.15, -0.1) is 10.2 Å². The second-order valence-corrected chi connectivity index (χ2v) is 6.93. The third-order valence-corrected chi connectivity index (χ3v) is 4.87. The molecular formula is C9H18N4O3S2. The highest BCUT2D eigenvalue weighted by atomic mass is 32.2. The number of sulfonamides is 1. The summed E-state index contributed by atoms with van der Waals surface area (Å²) in [5, 5.41) is 7.15. The number of hydrogen-bond acceptors (Lipinski definition) is 7. The average molecular weight is 294 g/mol. The van der Waals surface area contributed by atoms with E-state index in [2.05, 4.69) is 14.9 Å². The van der Waals surface area contributed by atoms with Gasteiger partial charge in [0.25, 0.3) is 10.0 Å². The maximum absolute atomic E-state index is 12.0. The van der Waals surface area contributed by atoms with Gasteiger partial charge in [-0.25, -0.2) is 13.1 Å². The molecule has 0 saturated carbocycles. The average Bonchev–Trinajstić information content (AvgIpc) is 2.71. The zero-order valence-electron chi connectivity index (χ0n) is 10.6. The molecule has 7 nitrogen and oxygen atoms in total. The summed E-state index contributed by atoms with van der Waals surface area (Å²) in [6.07, 6.45) is 0. The first kappa shape index (κ1) is 15.3. The number of nitrogens with zero attached hydrogens (tertiary/aromatic N) is 2. The molecule has 0 fully saturated rings. The van der Waals surface area contributed by atoms with Crippen molar-refractivity contribution in [2.45, 2.75) is 31.2 Å². The first-order valence-electron chi connectivity index (χ1n) is 5.56. The Labute approximate surface area is 111 Å². The highest BCUT2D eigenvalue weighted by Crippen LogP contribution is 2.18. The van der Waals surface area contributed by atoms with E-state index in [4.69, 9.17) is 10.5 Å². The Morgan fingerprint density at radius 2 is 2.11 bits per heavy atom. The molecule has 0 saturated heterocycles. The predicted octanol–water partition coefficient (Wildman–Crippen LogP) is 0.460. The molecule has 0 radical (unpaired) electrons. The Morgan fingerprint density at radius 3 is 2.56 bits per heavy atom. The van der Waals surface area contributed by atoms with Crippen molar-refractivity contribution in [2.24, 2.45) is 5.92 Å². The van der Waals surface area contributed by atoms with E-state index in [9.17, 15) is 8.42 Å². The fraction of sp³-hybridized carbons (Fsp3) is 0.778. The standard InChI is InChI=1S/C9H18N4O3S2/c1-4-16-5-7(6(2)3)13-18(14,15)9-12-11-8(10)17-9/h6-7,13H,4-5H2,1-3H3,(H2,10,11). The van der Waals surface area contributed by atoms with Crippen molar-refractivity contribution in [3.05, 3.63) is 0 Å². The molecule has 1 aromatic heterocycles. The van der Waals surface area contributed by atoms with Crippen molar-refractivity contribution < 1.29 is 13.2 Å². The zero-order chi connectivity index (χ0) is 13.8. The Hall–Kier alpha value is -0.770. The van der Waals surface area contributed by atoms with Gasteiger partial charge in [0, 0.05) is 12.6 Å². The van der Waals surface area contributed by atoms with Crippen molar-refractivity contribution in [3.8, 4) is 0 Å². The minimum absolute atomic E-state index is 0.108. The van der Waals surface area contributed by atoms with E-state index in [1.165, 1.54) is 0 Å². The van der Waals surface area contributed by atoms with E-state index in [-0.39, 0.29) is 21.4 Å². The van der Waals surface area contributed by atoms with Crippen LogP contribution >= 0.6 is 11.3 Å². The summed E-state index contributed by atoms with van der Waals surface area (Å²) in [7, 11) is -3.68. The number of nitrogens with two attached hydrogens (primary N) is 1. The van der Waals surface area contributed by atoms with Crippen LogP contribution in [0.1, 0.15) is 20.8 Å². The SMILES string of the molecule is CCOCC(NS(=O)(=O)c1nnc(N)s1)C(C)C. The molecule has 0 aliphatic heterocycles. The maximum Gasteiger partial charge on any atom is 0.270 e. The van der Waals surface area contributed by atoms with Gasteiger partial charge in [0.05, 0.1) is 6.61 Å². The van der Waals surface area contributed by atoms with Crippen LogP contribution in [0.25, 0.3) is 0 Å². The Balaban J connectivity index is 2.79. The second-order valence-electron chi connectivity index (χ2n) is 4.04. The number of nitrogen functional groups attached to an aromatic ring is 1. The molecule has 104 valence electrons. The van der Waals surface area contributed by atoms with Crippen molar-refractivity contribution in [1.82, 2.24) is 14.9 Å². The van der Waals surface area contributed by atoms with E-state index >= 15 is 0 Å². The van der Waals surface area contributed by atoms with Gasteiger partial charge < -0.3 is 10.5 Å². The molecule has 0 aromatic carbocycles. The molecule has 1 aromatic rings. The van der Waals surface area contributed by atoms with Gasteiger partial charge in [-0.3, -0.25) is 0 Å². The molecular weight excluding hydrogens is 276 g/mol. The lowest BCUT2D eigenvalue weighted by Gasteiger charge is -2.20.